The molecule has 3 N–H and O–H groups in total. The number of anilines is 1. The molecule has 0 aliphatic carbocycles. The summed E-state index contributed by atoms with van der Waals surface area (Å²) in [4.78, 5) is 24.3. The van der Waals surface area contributed by atoms with Gasteiger partial charge in [0.1, 0.15) is 5.82 Å². The highest BCUT2D eigenvalue weighted by atomic mass is 16.2. The van der Waals surface area contributed by atoms with Crippen molar-refractivity contribution in [2.75, 3.05) is 5.32 Å². The zero-order valence-corrected chi connectivity index (χ0v) is 19.1. The fourth-order valence-corrected chi connectivity index (χ4v) is 3.87. The third-order valence-electron chi connectivity index (χ3n) is 5.60. The van der Waals surface area contributed by atoms with Crippen molar-refractivity contribution < 1.29 is 9.59 Å². The van der Waals surface area contributed by atoms with Crippen LogP contribution in [0.3, 0.4) is 0 Å². The molecule has 8 heteroatoms. The third kappa shape index (κ3) is 5.77. The molecule has 2 aromatic carbocycles. The van der Waals surface area contributed by atoms with Crippen LogP contribution in [-0.2, 0) is 19.5 Å². The molecule has 0 saturated carbocycles. The van der Waals surface area contributed by atoms with Crippen molar-refractivity contribution in [3.63, 3.8) is 0 Å². The second kappa shape index (κ2) is 10.3. The number of aromatic nitrogens is 3. The van der Waals surface area contributed by atoms with E-state index in [1.165, 1.54) is 6.42 Å². The van der Waals surface area contributed by atoms with Crippen LogP contribution < -0.4 is 16.0 Å². The summed E-state index contributed by atoms with van der Waals surface area (Å²) < 4.78 is 2.21. The summed E-state index contributed by atoms with van der Waals surface area (Å²) in [6, 6.07) is 14.8. The number of rotatable bonds is 6. The lowest BCUT2D eigenvalue weighted by Gasteiger charge is -2.11. The van der Waals surface area contributed by atoms with Crippen LogP contribution in [0.25, 0.3) is 11.4 Å². The second-order valence-corrected chi connectivity index (χ2v) is 8.61. The zero-order valence-electron chi connectivity index (χ0n) is 19.1. The molecular weight excluding hydrogens is 416 g/mol. The van der Waals surface area contributed by atoms with E-state index in [1.807, 2.05) is 50.2 Å². The van der Waals surface area contributed by atoms with Crippen LogP contribution in [0.5, 0.6) is 0 Å². The first-order valence-corrected chi connectivity index (χ1v) is 11.5. The molecule has 1 aliphatic heterocycles. The van der Waals surface area contributed by atoms with Gasteiger partial charge in [-0.15, -0.1) is 10.2 Å². The van der Waals surface area contributed by atoms with E-state index in [1.54, 1.807) is 12.1 Å². The molecule has 1 aromatic heterocycles. The van der Waals surface area contributed by atoms with Gasteiger partial charge in [-0.1, -0.05) is 18.6 Å². The van der Waals surface area contributed by atoms with Crippen LogP contribution in [0.2, 0.25) is 0 Å². The average molecular weight is 447 g/mol. The van der Waals surface area contributed by atoms with Crippen molar-refractivity contribution in [1.29, 1.82) is 0 Å². The number of nitrogens with one attached hydrogen (secondary N) is 3. The minimum Gasteiger partial charge on any atom is -0.336 e. The maximum Gasteiger partial charge on any atom is 0.315 e. The Morgan fingerprint density at radius 3 is 2.45 bits per heavy atom. The molecule has 4 rings (SSSR count). The average Bonchev–Trinajstić information content (AvgIpc) is 3.06. The quantitative estimate of drug-likeness (QED) is 0.530. The molecule has 0 saturated heterocycles. The maximum absolute atomic E-state index is 12.6. The van der Waals surface area contributed by atoms with Crippen LogP contribution in [-0.4, -0.2) is 32.7 Å². The number of benzene rings is 2. The van der Waals surface area contributed by atoms with Gasteiger partial charge in [0.05, 0.1) is 0 Å². The fraction of sp³-hybridized carbons (Fsp3) is 0.360. The summed E-state index contributed by atoms with van der Waals surface area (Å²) in [5, 5.41) is 17.3. The molecule has 33 heavy (non-hydrogen) atoms. The molecule has 172 valence electrons. The molecule has 0 unspecified atom stereocenters. The Morgan fingerprint density at radius 1 is 0.970 bits per heavy atom. The van der Waals surface area contributed by atoms with E-state index >= 15 is 0 Å². The highest BCUT2D eigenvalue weighted by Gasteiger charge is 2.16. The standard InChI is InChI=1S/C25H30N6O2/c1-17(2)27-25(33)26-16-18-7-9-20(10-8-18)24(32)28-21-13-11-19(12-14-21)23-30-29-22-6-4-3-5-15-31(22)23/h7-14,17H,3-6,15-16H2,1-2H3,(H,28,32)(H2,26,27,33). The minimum absolute atomic E-state index is 0.0800. The number of hydrogen-bond donors (Lipinski definition) is 3. The van der Waals surface area contributed by atoms with Gasteiger partial charge in [-0.05, 0) is 68.7 Å². The fourth-order valence-electron chi connectivity index (χ4n) is 3.87. The lowest BCUT2D eigenvalue weighted by Crippen LogP contribution is -2.39. The van der Waals surface area contributed by atoms with Gasteiger partial charge < -0.3 is 20.5 Å². The lowest BCUT2D eigenvalue weighted by molar-refractivity contribution is 0.102. The molecule has 0 spiro atoms. The Hall–Kier alpha value is -3.68. The smallest absolute Gasteiger partial charge is 0.315 e. The number of fused-ring (bicyclic) bond motifs is 1. The van der Waals surface area contributed by atoms with Crippen molar-refractivity contribution in [1.82, 2.24) is 25.4 Å². The molecular formula is C25H30N6O2. The molecule has 1 aliphatic rings. The molecule has 3 aromatic rings. The summed E-state index contributed by atoms with van der Waals surface area (Å²) in [5.74, 6) is 1.76. The number of hydrogen-bond acceptors (Lipinski definition) is 4. The van der Waals surface area contributed by atoms with E-state index in [9.17, 15) is 9.59 Å². The highest BCUT2D eigenvalue weighted by Crippen LogP contribution is 2.24. The Morgan fingerprint density at radius 2 is 1.73 bits per heavy atom. The van der Waals surface area contributed by atoms with Gasteiger partial charge in [0, 0.05) is 42.4 Å². The monoisotopic (exact) mass is 446 g/mol. The Kier molecular flexibility index (Phi) is 7.02. The third-order valence-corrected chi connectivity index (χ3v) is 5.60. The van der Waals surface area contributed by atoms with Gasteiger partial charge in [-0.2, -0.15) is 0 Å². The van der Waals surface area contributed by atoms with Gasteiger partial charge in [0.15, 0.2) is 5.82 Å². The van der Waals surface area contributed by atoms with Crippen molar-refractivity contribution in [2.45, 2.75) is 58.7 Å². The van der Waals surface area contributed by atoms with E-state index in [-0.39, 0.29) is 18.0 Å². The van der Waals surface area contributed by atoms with E-state index in [0.29, 0.717) is 12.1 Å². The van der Waals surface area contributed by atoms with E-state index in [0.717, 1.165) is 54.3 Å². The highest BCUT2D eigenvalue weighted by molar-refractivity contribution is 6.04. The van der Waals surface area contributed by atoms with Gasteiger partial charge in [-0.3, -0.25) is 4.79 Å². The Labute approximate surface area is 193 Å². The number of carbonyl (C=O) groups excluding carboxylic acids is 2. The number of aryl methyl sites for hydroxylation is 1. The maximum atomic E-state index is 12.6. The largest absolute Gasteiger partial charge is 0.336 e. The van der Waals surface area contributed by atoms with Gasteiger partial charge in [0.25, 0.3) is 5.91 Å². The number of carbonyl (C=O) groups is 2. The first-order valence-electron chi connectivity index (χ1n) is 11.5. The molecule has 0 atom stereocenters. The lowest BCUT2D eigenvalue weighted by atomic mass is 10.1. The van der Waals surface area contributed by atoms with Crippen LogP contribution in [0.1, 0.15) is 54.9 Å². The molecule has 2 heterocycles. The molecule has 0 fully saturated rings. The van der Waals surface area contributed by atoms with Crippen molar-refractivity contribution >= 4 is 17.6 Å². The normalized spacial score (nSPS) is 13.2. The number of urea groups is 1. The zero-order chi connectivity index (χ0) is 23.2. The predicted molar refractivity (Wildman–Crippen MR) is 128 cm³/mol. The van der Waals surface area contributed by atoms with Crippen LogP contribution in [0, 0.1) is 0 Å². The molecule has 0 bridgehead atoms. The number of nitrogens with zero attached hydrogens (tertiary/aromatic N) is 3. The van der Waals surface area contributed by atoms with Gasteiger partial charge >= 0.3 is 6.03 Å². The Bertz CT molecular complexity index is 1100. The minimum atomic E-state index is -0.211. The van der Waals surface area contributed by atoms with Crippen molar-refractivity contribution in [3.05, 3.63) is 65.5 Å². The van der Waals surface area contributed by atoms with Crippen molar-refractivity contribution in [3.8, 4) is 11.4 Å². The van der Waals surface area contributed by atoms with Crippen LogP contribution >= 0.6 is 0 Å². The van der Waals surface area contributed by atoms with E-state index in [4.69, 9.17) is 0 Å². The summed E-state index contributed by atoms with van der Waals surface area (Å²) in [5.41, 5.74) is 3.18. The van der Waals surface area contributed by atoms with E-state index in [2.05, 4.69) is 30.7 Å². The Balaban J connectivity index is 1.35. The first-order chi connectivity index (χ1) is 16.0. The molecule has 8 nitrogen and oxygen atoms in total. The van der Waals surface area contributed by atoms with Crippen molar-refractivity contribution in [2.24, 2.45) is 0 Å². The summed E-state index contributed by atoms with van der Waals surface area (Å²) in [6.45, 7) is 5.16. The summed E-state index contributed by atoms with van der Waals surface area (Å²) in [6.07, 6.45) is 4.50. The topological polar surface area (TPSA) is 101 Å². The first kappa shape index (κ1) is 22.5. The van der Waals surface area contributed by atoms with Gasteiger partial charge in [0.2, 0.25) is 0 Å². The SMILES string of the molecule is CC(C)NC(=O)NCc1ccc(C(=O)Nc2ccc(-c3nnc4n3CCCCC4)cc2)cc1. The second-order valence-electron chi connectivity index (χ2n) is 8.61. The molecule has 3 amide bonds. The van der Waals surface area contributed by atoms with Gasteiger partial charge in [-0.25, -0.2) is 4.79 Å². The summed E-state index contributed by atoms with van der Waals surface area (Å²) >= 11 is 0. The molecule has 0 radical (unpaired) electrons. The van der Waals surface area contributed by atoms with Crippen LogP contribution in [0.15, 0.2) is 48.5 Å². The van der Waals surface area contributed by atoms with E-state index < -0.39 is 0 Å². The predicted octanol–water partition coefficient (Wildman–Crippen LogP) is 4.13. The van der Waals surface area contributed by atoms with Crippen LogP contribution in [0.4, 0.5) is 10.5 Å². The summed E-state index contributed by atoms with van der Waals surface area (Å²) in [7, 11) is 0. The number of amides is 3.